The largest absolute Gasteiger partial charge is 0.493 e. The van der Waals surface area contributed by atoms with Crippen molar-refractivity contribution in [2.75, 3.05) is 20.0 Å². The average Bonchev–Trinajstić information content (AvgIpc) is 3.24. The van der Waals surface area contributed by atoms with Crippen LogP contribution in [0.4, 0.5) is 0 Å². The molecule has 0 saturated carbocycles. The Labute approximate surface area is 208 Å². The van der Waals surface area contributed by atoms with Crippen LogP contribution in [0.25, 0.3) is 6.08 Å². The van der Waals surface area contributed by atoms with Crippen LogP contribution in [-0.2, 0) is 23.2 Å². The van der Waals surface area contributed by atoms with Crippen LogP contribution in [0.2, 0.25) is 0 Å². The van der Waals surface area contributed by atoms with Crippen molar-refractivity contribution < 1.29 is 19.1 Å². The van der Waals surface area contributed by atoms with Crippen LogP contribution in [0, 0.1) is 0 Å². The Balaban J connectivity index is 1.48. The zero-order valence-corrected chi connectivity index (χ0v) is 21.0. The number of nitrogens with one attached hydrogen (secondary N) is 2. The number of aromatic nitrogens is 3. The predicted molar refractivity (Wildman–Crippen MR) is 135 cm³/mol. The Morgan fingerprint density at radius 1 is 1.09 bits per heavy atom. The molecule has 10 heteroatoms. The summed E-state index contributed by atoms with van der Waals surface area (Å²) in [6.45, 7) is 2.15. The molecule has 0 saturated heterocycles. The van der Waals surface area contributed by atoms with Crippen molar-refractivity contribution in [2.45, 2.75) is 24.7 Å². The summed E-state index contributed by atoms with van der Waals surface area (Å²) in [4.78, 5) is 24.6. The van der Waals surface area contributed by atoms with E-state index in [1.54, 1.807) is 44.0 Å². The van der Waals surface area contributed by atoms with E-state index in [0.717, 1.165) is 11.1 Å². The highest BCUT2D eigenvalue weighted by atomic mass is 32.2. The third-order valence-electron chi connectivity index (χ3n) is 5.19. The number of amides is 2. The predicted octanol–water partition coefficient (Wildman–Crippen LogP) is 3.13. The van der Waals surface area contributed by atoms with E-state index in [1.165, 1.54) is 17.8 Å². The van der Waals surface area contributed by atoms with Crippen LogP contribution in [0.3, 0.4) is 0 Å². The van der Waals surface area contributed by atoms with Crippen LogP contribution >= 0.6 is 11.8 Å². The van der Waals surface area contributed by atoms with E-state index in [1.807, 2.05) is 43.3 Å². The smallest absolute Gasteiger partial charge is 0.244 e. The molecule has 1 atom stereocenters. The highest BCUT2D eigenvalue weighted by Gasteiger charge is 2.14. The van der Waals surface area contributed by atoms with Crippen LogP contribution in [-0.4, -0.2) is 46.6 Å². The van der Waals surface area contributed by atoms with Gasteiger partial charge in [-0.2, -0.15) is 0 Å². The Morgan fingerprint density at radius 2 is 1.83 bits per heavy atom. The first kappa shape index (κ1) is 25.8. The number of nitrogens with zero attached hydrogens (tertiary/aromatic N) is 3. The minimum Gasteiger partial charge on any atom is -0.493 e. The molecule has 1 aromatic heterocycles. The van der Waals surface area contributed by atoms with Crippen LogP contribution in [0.5, 0.6) is 11.5 Å². The van der Waals surface area contributed by atoms with Gasteiger partial charge in [0.15, 0.2) is 22.5 Å². The molecule has 35 heavy (non-hydrogen) atoms. The number of carbonyl (C=O) groups is 2. The van der Waals surface area contributed by atoms with Crippen LogP contribution in [0.15, 0.2) is 59.8 Å². The van der Waals surface area contributed by atoms with Gasteiger partial charge in [0.05, 0.1) is 32.6 Å². The molecule has 1 unspecified atom stereocenters. The molecule has 3 aromatic rings. The number of hydrogen-bond acceptors (Lipinski definition) is 7. The summed E-state index contributed by atoms with van der Waals surface area (Å²) in [5.74, 6) is 1.63. The number of carbonyl (C=O) groups excluding carboxylic acids is 2. The van der Waals surface area contributed by atoms with Crippen molar-refractivity contribution in [1.82, 2.24) is 25.4 Å². The normalized spacial score (nSPS) is 11.8. The summed E-state index contributed by atoms with van der Waals surface area (Å²) in [6, 6.07) is 15.1. The Hall–Kier alpha value is -3.79. The maximum atomic E-state index is 12.3. The molecule has 2 N–H and O–H groups in total. The molecule has 3 rings (SSSR count). The minimum absolute atomic E-state index is 0.0818. The van der Waals surface area contributed by atoms with Crippen molar-refractivity contribution in [3.05, 3.63) is 71.6 Å². The maximum absolute atomic E-state index is 12.3. The van der Waals surface area contributed by atoms with Gasteiger partial charge in [-0.05, 0) is 36.3 Å². The Morgan fingerprint density at radius 3 is 2.54 bits per heavy atom. The van der Waals surface area contributed by atoms with Crippen molar-refractivity contribution in [2.24, 2.45) is 7.05 Å². The Bertz CT molecular complexity index is 1180. The second-order valence-corrected chi connectivity index (χ2v) is 8.55. The highest BCUT2D eigenvalue weighted by molar-refractivity contribution is 7.99. The lowest BCUT2D eigenvalue weighted by atomic mass is 10.1. The summed E-state index contributed by atoms with van der Waals surface area (Å²) in [7, 11) is 4.93. The molecule has 2 amide bonds. The quantitative estimate of drug-likeness (QED) is 0.311. The first-order chi connectivity index (χ1) is 16.9. The SMILES string of the molecule is COc1ccc(C=CC(=O)NCc2nnc(SCC(=O)NC(C)c3ccccc3)n2C)cc1OC. The fraction of sp³-hybridized carbons (Fsp3) is 0.280. The standard InChI is InChI=1S/C25H29N5O4S/c1-17(19-8-6-5-7-9-19)27-24(32)16-35-25-29-28-22(30(25)2)15-26-23(31)13-11-18-10-12-20(33-3)21(14-18)34-4/h5-14,17H,15-16H2,1-4H3,(H,26,31)(H,27,32). The van der Waals surface area contributed by atoms with Crippen molar-refractivity contribution in [1.29, 1.82) is 0 Å². The lowest BCUT2D eigenvalue weighted by Crippen LogP contribution is -2.28. The van der Waals surface area contributed by atoms with Crippen molar-refractivity contribution in [3.8, 4) is 11.5 Å². The van der Waals surface area contributed by atoms with Gasteiger partial charge in [0.2, 0.25) is 11.8 Å². The van der Waals surface area contributed by atoms with Crippen LogP contribution in [0.1, 0.15) is 29.9 Å². The third kappa shape index (κ3) is 7.35. The average molecular weight is 496 g/mol. The molecule has 184 valence electrons. The zero-order chi connectivity index (χ0) is 25.2. The van der Waals surface area contributed by atoms with E-state index in [9.17, 15) is 9.59 Å². The van der Waals surface area contributed by atoms with E-state index in [2.05, 4.69) is 20.8 Å². The number of rotatable bonds is 11. The van der Waals surface area contributed by atoms with E-state index in [4.69, 9.17) is 9.47 Å². The molecular weight excluding hydrogens is 466 g/mol. The van der Waals surface area contributed by atoms with Gasteiger partial charge < -0.3 is 24.7 Å². The first-order valence-electron chi connectivity index (χ1n) is 10.9. The molecule has 0 aliphatic rings. The molecule has 9 nitrogen and oxygen atoms in total. The van der Waals surface area contributed by atoms with E-state index < -0.39 is 0 Å². The fourth-order valence-electron chi connectivity index (χ4n) is 3.22. The monoisotopic (exact) mass is 495 g/mol. The number of hydrogen-bond donors (Lipinski definition) is 2. The minimum atomic E-state index is -0.272. The third-order valence-corrected chi connectivity index (χ3v) is 6.21. The maximum Gasteiger partial charge on any atom is 0.244 e. The molecule has 1 heterocycles. The van der Waals surface area contributed by atoms with E-state index in [0.29, 0.717) is 22.5 Å². The van der Waals surface area contributed by atoms with E-state index in [-0.39, 0.29) is 30.2 Å². The summed E-state index contributed by atoms with van der Waals surface area (Å²) in [5.41, 5.74) is 1.85. The molecule has 0 radical (unpaired) electrons. The lowest BCUT2D eigenvalue weighted by Gasteiger charge is -2.14. The number of benzene rings is 2. The highest BCUT2D eigenvalue weighted by Crippen LogP contribution is 2.28. The van der Waals surface area contributed by atoms with Gasteiger partial charge in [-0.15, -0.1) is 10.2 Å². The molecule has 0 bridgehead atoms. The lowest BCUT2D eigenvalue weighted by molar-refractivity contribution is -0.119. The fourth-order valence-corrected chi connectivity index (χ4v) is 3.96. The number of methoxy groups -OCH3 is 2. The molecule has 0 aliphatic carbocycles. The van der Waals surface area contributed by atoms with Crippen molar-refractivity contribution in [3.63, 3.8) is 0 Å². The second kappa shape index (κ2) is 12.6. The van der Waals surface area contributed by atoms with Gasteiger partial charge in [0.1, 0.15) is 0 Å². The van der Waals surface area contributed by atoms with Gasteiger partial charge in [0.25, 0.3) is 0 Å². The molecule has 2 aromatic carbocycles. The zero-order valence-electron chi connectivity index (χ0n) is 20.1. The summed E-state index contributed by atoms with van der Waals surface area (Å²) in [5, 5.41) is 14.6. The topological polar surface area (TPSA) is 107 Å². The summed E-state index contributed by atoms with van der Waals surface area (Å²) < 4.78 is 12.3. The summed E-state index contributed by atoms with van der Waals surface area (Å²) in [6.07, 6.45) is 3.12. The molecule has 0 fully saturated rings. The number of thioether (sulfide) groups is 1. The first-order valence-corrected chi connectivity index (χ1v) is 11.9. The molecule has 0 aliphatic heterocycles. The molecular formula is C25H29N5O4S. The molecule has 0 spiro atoms. The summed E-state index contributed by atoms with van der Waals surface area (Å²) >= 11 is 1.29. The number of ether oxygens (including phenoxy) is 2. The second-order valence-electron chi connectivity index (χ2n) is 7.61. The van der Waals surface area contributed by atoms with Gasteiger partial charge in [-0.3, -0.25) is 9.59 Å². The van der Waals surface area contributed by atoms with Gasteiger partial charge in [-0.1, -0.05) is 48.2 Å². The Kier molecular flexibility index (Phi) is 9.31. The van der Waals surface area contributed by atoms with Gasteiger partial charge >= 0.3 is 0 Å². The van der Waals surface area contributed by atoms with Crippen LogP contribution < -0.4 is 20.1 Å². The van der Waals surface area contributed by atoms with Crippen molar-refractivity contribution >= 4 is 29.7 Å². The van der Waals surface area contributed by atoms with Gasteiger partial charge in [-0.25, -0.2) is 0 Å². The van der Waals surface area contributed by atoms with Gasteiger partial charge in [0, 0.05) is 13.1 Å². The van der Waals surface area contributed by atoms with E-state index >= 15 is 0 Å².